The summed E-state index contributed by atoms with van der Waals surface area (Å²) in [5.41, 5.74) is 2.94. The predicted octanol–water partition coefficient (Wildman–Crippen LogP) is 1.55. The SMILES string of the molecule is CC(NS(=O)(=O)c1ccnc(NN)c1)c1ccc(F)cc1. The Morgan fingerprint density at radius 3 is 2.52 bits per heavy atom. The number of nitrogen functional groups attached to an aromatic ring is 1. The summed E-state index contributed by atoms with van der Waals surface area (Å²) in [6.45, 7) is 1.67. The second-order valence-electron chi connectivity index (χ2n) is 4.42. The van der Waals surface area contributed by atoms with Gasteiger partial charge in [0, 0.05) is 18.3 Å². The smallest absolute Gasteiger partial charge is 0.241 e. The van der Waals surface area contributed by atoms with Gasteiger partial charge in [-0.3, -0.25) is 0 Å². The van der Waals surface area contributed by atoms with Crippen LogP contribution in [-0.4, -0.2) is 13.4 Å². The summed E-state index contributed by atoms with van der Waals surface area (Å²) < 4.78 is 39.9. The molecule has 0 saturated carbocycles. The molecule has 0 fully saturated rings. The normalized spacial score (nSPS) is 12.9. The van der Waals surface area contributed by atoms with Gasteiger partial charge in [-0.2, -0.15) is 0 Å². The van der Waals surface area contributed by atoms with Crippen LogP contribution in [0.3, 0.4) is 0 Å². The summed E-state index contributed by atoms with van der Waals surface area (Å²) in [5.74, 6) is 5.07. The number of hydrazine groups is 1. The summed E-state index contributed by atoms with van der Waals surface area (Å²) >= 11 is 0. The molecule has 0 spiro atoms. The molecule has 1 aromatic carbocycles. The highest BCUT2D eigenvalue weighted by Gasteiger charge is 2.19. The Bertz CT molecular complexity index is 719. The van der Waals surface area contributed by atoms with Crippen LogP contribution in [0.1, 0.15) is 18.5 Å². The molecule has 1 unspecified atom stereocenters. The number of pyridine rings is 1. The van der Waals surface area contributed by atoms with E-state index in [1.54, 1.807) is 6.92 Å². The molecule has 1 heterocycles. The van der Waals surface area contributed by atoms with Crippen molar-refractivity contribution in [2.75, 3.05) is 5.43 Å². The third kappa shape index (κ3) is 3.75. The predicted molar refractivity (Wildman–Crippen MR) is 77.2 cm³/mol. The van der Waals surface area contributed by atoms with E-state index in [9.17, 15) is 12.8 Å². The molecule has 0 bridgehead atoms. The van der Waals surface area contributed by atoms with Crippen LogP contribution in [-0.2, 0) is 10.0 Å². The van der Waals surface area contributed by atoms with E-state index >= 15 is 0 Å². The first-order chi connectivity index (χ1) is 9.92. The zero-order valence-corrected chi connectivity index (χ0v) is 12.1. The molecule has 0 radical (unpaired) electrons. The summed E-state index contributed by atoms with van der Waals surface area (Å²) in [4.78, 5) is 3.89. The number of rotatable bonds is 5. The van der Waals surface area contributed by atoms with Crippen molar-refractivity contribution >= 4 is 15.8 Å². The fourth-order valence-corrected chi connectivity index (χ4v) is 3.02. The van der Waals surface area contributed by atoms with E-state index in [1.165, 1.54) is 42.6 Å². The van der Waals surface area contributed by atoms with Crippen LogP contribution in [0.2, 0.25) is 0 Å². The Morgan fingerprint density at radius 2 is 1.90 bits per heavy atom. The topological polar surface area (TPSA) is 97.1 Å². The molecule has 0 aliphatic rings. The average Bonchev–Trinajstić information content (AvgIpc) is 2.47. The van der Waals surface area contributed by atoms with E-state index in [1.807, 2.05) is 0 Å². The van der Waals surface area contributed by atoms with Crippen molar-refractivity contribution < 1.29 is 12.8 Å². The van der Waals surface area contributed by atoms with Crippen molar-refractivity contribution in [3.05, 3.63) is 54.0 Å². The van der Waals surface area contributed by atoms with Gasteiger partial charge in [0.15, 0.2) is 0 Å². The molecule has 2 aromatic rings. The van der Waals surface area contributed by atoms with Gasteiger partial charge in [0.2, 0.25) is 10.0 Å². The van der Waals surface area contributed by atoms with Crippen molar-refractivity contribution in [3.8, 4) is 0 Å². The third-order valence-corrected chi connectivity index (χ3v) is 4.43. The number of nitrogens with one attached hydrogen (secondary N) is 2. The number of halogens is 1. The van der Waals surface area contributed by atoms with E-state index in [4.69, 9.17) is 5.84 Å². The van der Waals surface area contributed by atoms with Gasteiger partial charge >= 0.3 is 0 Å². The number of nitrogens with two attached hydrogens (primary N) is 1. The van der Waals surface area contributed by atoms with Crippen LogP contribution < -0.4 is 16.0 Å². The summed E-state index contributed by atoms with van der Waals surface area (Å²) in [6.07, 6.45) is 1.34. The average molecular weight is 310 g/mol. The maximum absolute atomic E-state index is 12.9. The zero-order valence-electron chi connectivity index (χ0n) is 11.2. The van der Waals surface area contributed by atoms with Crippen molar-refractivity contribution in [1.29, 1.82) is 0 Å². The first-order valence-electron chi connectivity index (χ1n) is 6.13. The second-order valence-corrected chi connectivity index (χ2v) is 6.13. The number of nitrogens with zero attached hydrogens (tertiary/aromatic N) is 1. The van der Waals surface area contributed by atoms with Crippen LogP contribution in [0.25, 0.3) is 0 Å². The zero-order chi connectivity index (χ0) is 15.5. The van der Waals surface area contributed by atoms with Gasteiger partial charge in [-0.05, 0) is 30.7 Å². The number of hydrogen-bond donors (Lipinski definition) is 3. The van der Waals surface area contributed by atoms with Crippen LogP contribution in [0.15, 0.2) is 47.5 Å². The Morgan fingerprint density at radius 1 is 1.24 bits per heavy atom. The van der Waals surface area contributed by atoms with Crippen molar-refractivity contribution in [3.63, 3.8) is 0 Å². The number of anilines is 1. The monoisotopic (exact) mass is 310 g/mol. The minimum Gasteiger partial charge on any atom is -0.308 e. The molecule has 21 heavy (non-hydrogen) atoms. The molecule has 1 aromatic heterocycles. The van der Waals surface area contributed by atoms with Gasteiger partial charge in [-0.1, -0.05) is 12.1 Å². The minimum atomic E-state index is -3.73. The summed E-state index contributed by atoms with van der Waals surface area (Å²) in [5, 5.41) is 0. The Labute approximate surface area is 122 Å². The first kappa shape index (κ1) is 15.4. The van der Waals surface area contributed by atoms with Gasteiger partial charge in [0.1, 0.15) is 11.6 Å². The molecule has 0 amide bonds. The van der Waals surface area contributed by atoms with Gasteiger partial charge in [-0.25, -0.2) is 28.4 Å². The summed E-state index contributed by atoms with van der Waals surface area (Å²) in [7, 11) is -3.73. The lowest BCUT2D eigenvalue weighted by Crippen LogP contribution is -2.27. The largest absolute Gasteiger partial charge is 0.308 e. The number of aromatic nitrogens is 1. The van der Waals surface area contributed by atoms with Gasteiger partial charge in [-0.15, -0.1) is 0 Å². The lowest BCUT2D eigenvalue weighted by Gasteiger charge is -2.15. The molecular weight excluding hydrogens is 295 g/mol. The van der Waals surface area contributed by atoms with E-state index in [0.717, 1.165) is 0 Å². The van der Waals surface area contributed by atoms with Gasteiger partial charge < -0.3 is 5.43 Å². The summed E-state index contributed by atoms with van der Waals surface area (Å²) in [6, 6.07) is 7.80. The third-order valence-electron chi connectivity index (χ3n) is 2.89. The van der Waals surface area contributed by atoms with E-state index < -0.39 is 16.1 Å². The maximum Gasteiger partial charge on any atom is 0.241 e. The molecule has 6 nitrogen and oxygen atoms in total. The highest BCUT2D eigenvalue weighted by Crippen LogP contribution is 2.18. The lowest BCUT2D eigenvalue weighted by molar-refractivity contribution is 0.566. The minimum absolute atomic E-state index is 0.0411. The van der Waals surface area contributed by atoms with Crippen LogP contribution >= 0.6 is 0 Å². The molecule has 2 rings (SSSR count). The highest BCUT2D eigenvalue weighted by molar-refractivity contribution is 7.89. The molecule has 112 valence electrons. The Balaban J connectivity index is 2.22. The van der Waals surface area contributed by atoms with E-state index in [2.05, 4.69) is 15.1 Å². The molecule has 0 aliphatic carbocycles. The molecule has 4 N–H and O–H groups in total. The van der Waals surface area contributed by atoms with Crippen LogP contribution in [0, 0.1) is 5.82 Å². The lowest BCUT2D eigenvalue weighted by atomic mass is 10.1. The standard InChI is InChI=1S/C13H15FN4O2S/c1-9(10-2-4-11(14)5-3-10)18-21(19,20)12-6-7-16-13(8-12)17-15/h2-9,18H,15H2,1H3,(H,16,17). The van der Waals surface area contributed by atoms with Crippen molar-refractivity contribution in [2.45, 2.75) is 17.9 Å². The van der Waals surface area contributed by atoms with Crippen LogP contribution in [0.4, 0.5) is 10.2 Å². The molecule has 0 saturated heterocycles. The Hall–Kier alpha value is -2.03. The van der Waals surface area contributed by atoms with Crippen LogP contribution in [0.5, 0.6) is 0 Å². The number of hydrogen-bond acceptors (Lipinski definition) is 5. The first-order valence-corrected chi connectivity index (χ1v) is 7.61. The maximum atomic E-state index is 12.9. The molecule has 8 heteroatoms. The highest BCUT2D eigenvalue weighted by atomic mass is 32.2. The number of sulfonamides is 1. The van der Waals surface area contributed by atoms with Crippen molar-refractivity contribution in [2.24, 2.45) is 5.84 Å². The van der Waals surface area contributed by atoms with E-state index in [0.29, 0.717) is 5.56 Å². The van der Waals surface area contributed by atoms with Gasteiger partial charge in [0.05, 0.1) is 4.90 Å². The fraction of sp³-hybridized carbons (Fsp3) is 0.154. The van der Waals surface area contributed by atoms with Crippen molar-refractivity contribution in [1.82, 2.24) is 9.71 Å². The fourth-order valence-electron chi connectivity index (χ4n) is 1.78. The van der Waals surface area contributed by atoms with Gasteiger partial charge in [0.25, 0.3) is 0 Å². The second kappa shape index (κ2) is 6.17. The molecular formula is C13H15FN4O2S. The molecule has 0 aliphatic heterocycles. The number of benzene rings is 1. The Kier molecular flexibility index (Phi) is 4.51. The van der Waals surface area contributed by atoms with E-state index in [-0.39, 0.29) is 16.5 Å². The molecule has 1 atom stereocenters. The quantitative estimate of drug-likeness (QED) is 0.575.